The van der Waals surface area contributed by atoms with E-state index in [1.54, 1.807) is 11.0 Å². The molecule has 5 heteroatoms. The molecule has 0 aliphatic heterocycles. The van der Waals surface area contributed by atoms with E-state index in [-0.39, 0.29) is 29.7 Å². The van der Waals surface area contributed by atoms with E-state index >= 15 is 0 Å². The van der Waals surface area contributed by atoms with E-state index in [4.69, 9.17) is 0 Å². The molecule has 0 saturated heterocycles. The molecule has 0 heterocycles. The summed E-state index contributed by atoms with van der Waals surface area (Å²) in [5.41, 5.74) is 4.24. The highest BCUT2D eigenvalue weighted by molar-refractivity contribution is 5.97. The fourth-order valence-corrected chi connectivity index (χ4v) is 3.80. The number of carbonyl (C=O) groups is 2. The summed E-state index contributed by atoms with van der Waals surface area (Å²) in [5.74, 6) is 4.84. The van der Waals surface area contributed by atoms with Crippen molar-refractivity contribution in [2.45, 2.75) is 53.0 Å². The third-order valence-corrected chi connectivity index (χ3v) is 5.82. The molecular weight excluding hydrogens is 450 g/mol. The van der Waals surface area contributed by atoms with Gasteiger partial charge >= 0.3 is 5.97 Å². The van der Waals surface area contributed by atoms with Crippen LogP contribution in [0.1, 0.15) is 72.6 Å². The van der Waals surface area contributed by atoms with Gasteiger partial charge in [-0.3, -0.25) is 4.79 Å². The van der Waals surface area contributed by atoms with Gasteiger partial charge in [0.05, 0.1) is 6.54 Å². The second-order valence-electron chi connectivity index (χ2n) is 9.33. The molecule has 36 heavy (non-hydrogen) atoms. The summed E-state index contributed by atoms with van der Waals surface area (Å²) < 4.78 is 0. The zero-order valence-electron chi connectivity index (χ0n) is 21.1. The highest BCUT2D eigenvalue weighted by Crippen LogP contribution is 2.27. The minimum atomic E-state index is -1.25. The molecule has 0 spiro atoms. The van der Waals surface area contributed by atoms with Crippen molar-refractivity contribution < 1.29 is 19.8 Å². The summed E-state index contributed by atoms with van der Waals surface area (Å²) in [6.45, 7) is 6.39. The van der Waals surface area contributed by atoms with E-state index in [1.807, 2.05) is 50.2 Å². The number of anilines is 1. The molecule has 0 radical (unpaired) electrons. The lowest BCUT2D eigenvalue weighted by molar-refractivity contribution is -0.119. The molecule has 0 aliphatic carbocycles. The van der Waals surface area contributed by atoms with Gasteiger partial charge < -0.3 is 15.1 Å². The third kappa shape index (κ3) is 7.48. The number of benzene rings is 3. The first-order valence-corrected chi connectivity index (χ1v) is 12.3. The van der Waals surface area contributed by atoms with E-state index in [9.17, 15) is 19.8 Å². The van der Waals surface area contributed by atoms with Crippen LogP contribution < -0.4 is 4.90 Å². The number of carboxylic acids is 1. The standard InChI is InChI=1S/C31H33NO4/c1-4-5-6-23-7-9-24(10-8-23)11-12-25-13-15-26(16-14-25)21-32(30(34)19-22(2)3)27-17-18-29(33)28(20-27)31(35)36/h7-10,13-18,20,22,33H,4-6,19,21H2,1-3H3,(H,35,36). The van der Waals surface area contributed by atoms with Crippen LogP contribution in [0, 0.1) is 17.8 Å². The van der Waals surface area contributed by atoms with E-state index in [0.29, 0.717) is 12.1 Å². The molecule has 3 aromatic carbocycles. The molecule has 186 valence electrons. The van der Waals surface area contributed by atoms with Gasteiger partial charge in [0, 0.05) is 23.2 Å². The number of hydrogen-bond acceptors (Lipinski definition) is 3. The molecule has 3 rings (SSSR count). The van der Waals surface area contributed by atoms with Crippen molar-refractivity contribution in [2.75, 3.05) is 4.90 Å². The Kier molecular flexibility index (Phi) is 9.30. The monoisotopic (exact) mass is 483 g/mol. The average molecular weight is 484 g/mol. The highest BCUT2D eigenvalue weighted by atomic mass is 16.4. The number of amides is 1. The molecular formula is C31H33NO4. The number of unbranched alkanes of at least 4 members (excludes halogenated alkanes) is 1. The van der Waals surface area contributed by atoms with Gasteiger partial charge in [-0.1, -0.05) is 63.3 Å². The molecule has 0 saturated carbocycles. The number of aromatic hydroxyl groups is 1. The van der Waals surface area contributed by atoms with Crippen LogP contribution >= 0.6 is 0 Å². The first kappa shape index (κ1) is 26.6. The normalized spacial score (nSPS) is 10.6. The zero-order chi connectivity index (χ0) is 26.1. The summed E-state index contributed by atoms with van der Waals surface area (Å²) >= 11 is 0. The number of hydrogen-bond donors (Lipinski definition) is 2. The van der Waals surface area contributed by atoms with Crippen LogP contribution in [0.2, 0.25) is 0 Å². The predicted octanol–water partition coefficient (Wildman–Crippen LogP) is 6.41. The lowest BCUT2D eigenvalue weighted by Crippen LogP contribution is -2.31. The fraction of sp³-hybridized carbons (Fsp3) is 0.290. The number of nitrogens with zero attached hydrogens (tertiary/aromatic N) is 1. The molecule has 5 nitrogen and oxygen atoms in total. The lowest BCUT2D eigenvalue weighted by atomic mass is 10.1. The summed E-state index contributed by atoms with van der Waals surface area (Å²) in [4.78, 5) is 26.1. The van der Waals surface area contributed by atoms with Crippen molar-refractivity contribution >= 4 is 17.6 Å². The van der Waals surface area contributed by atoms with Crippen molar-refractivity contribution in [3.05, 3.63) is 94.5 Å². The Morgan fingerprint density at radius 1 is 0.889 bits per heavy atom. The van der Waals surface area contributed by atoms with Crippen LogP contribution in [-0.4, -0.2) is 22.1 Å². The van der Waals surface area contributed by atoms with Crippen molar-refractivity contribution in [1.82, 2.24) is 0 Å². The quantitative estimate of drug-likeness (QED) is 0.345. The third-order valence-electron chi connectivity index (χ3n) is 5.82. The van der Waals surface area contributed by atoms with Gasteiger partial charge in [-0.2, -0.15) is 0 Å². The molecule has 2 N–H and O–H groups in total. The van der Waals surface area contributed by atoms with Gasteiger partial charge in [0.15, 0.2) is 0 Å². The van der Waals surface area contributed by atoms with Gasteiger partial charge in [0.25, 0.3) is 0 Å². The van der Waals surface area contributed by atoms with Gasteiger partial charge in [-0.25, -0.2) is 4.79 Å². The van der Waals surface area contributed by atoms with E-state index in [2.05, 4.69) is 30.9 Å². The molecule has 0 atom stereocenters. The van der Waals surface area contributed by atoms with Crippen LogP contribution in [-0.2, 0) is 17.8 Å². The second-order valence-corrected chi connectivity index (χ2v) is 9.33. The van der Waals surface area contributed by atoms with Gasteiger partial charge in [0.2, 0.25) is 5.91 Å². The van der Waals surface area contributed by atoms with E-state index < -0.39 is 5.97 Å². The molecule has 0 unspecified atom stereocenters. The molecule has 0 aromatic heterocycles. The summed E-state index contributed by atoms with van der Waals surface area (Å²) in [7, 11) is 0. The Balaban J connectivity index is 1.78. The van der Waals surface area contributed by atoms with Gasteiger partial charge in [-0.05, 0) is 72.4 Å². The topological polar surface area (TPSA) is 77.8 Å². The first-order valence-electron chi connectivity index (χ1n) is 12.3. The summed E-state index contributed by atoms with van der Waals surface area (Å²) in [5, 5.41) is 19.3. The molecule has 1 amide bonds. The Hall–Kier alpha value is -4.04. The molecule has 0 bridgehead atoms. The van der Waals surface area contributed by atoms with Crippen LogP contribution in [0.5, 0.6) is 5.75 Å². The van der Waals surface area contributed by atoms with Crippen LogP contribution in [0.25, 0.3) is 0 Å². The van der Waals surface area contributed by atoms with Crippen LogP contribution in [0.3, 0.4) is 0 Å². The number of aryl methyl sites for hydroxylation is 1. The average Bonchev–Trinajstić information content (AvgIpc) is 2.86. The number of rotatable bonds is 9. The van der Waals surface area contributed by atoms with Crippen LogP contribution in [0.15, 0.2) is 66.7 Å². The minimum absolute atomic E-state index is 0.113. The van der Waals surface area contributed by atoms with E-state index in [0.717, 1.165) is 23.1 Å². The van der Waals surface area contributed by atoms with Crippen LogP contribution in [0.4, 0.5) is 5.69 Å². The van der Waals surface area contributed by atoms with Gasteiger partial charge in [-0.15, -0.1) is 0 Å². The number of carbonyl (C=O) groups excluding carboxylic acids is 1. The number of phenols is 1. The second kappa shape index (κ2) is 12.6. The Labute approximate surface area is 213 Å². The summed E-state index contributed by atoms with van der Waals surface area (Å²) in [6, 6.07) is 20.2. The predicted molar refractivity (Wildman–Crippen MR) is 143 cm³/mol. The number of carboxylic acid groups (broad SMARTS) is 1. The fourth-order valence-electron chi connectivity index (χ4n) is 3.80. The first-order chi connectivity index (χ1) is 17.3. The highest BCUT2D eigenvalue weighted by Gasteiger charge is 2.20. The number of aromatic carboxylic acids is 1. The Morgan fingerprint density at radius 3 is 2.00 bits per heavy atom. The maximum Gasteiger partial charge on any atom is 0.339 e. The van der Waals surface area contributed by atoms with Crippen molar-refractivity contribution in [2.24, 2.45) is 5.92 Å². The lowest BCUT2D eigenvalue weighted by Gasteiger charge is -2.24. The zero-order valence-corrected chi connectivity index (χ0v) is 21.1. The Morgan fingerprint density at radius 2 is 1.47 bits per heavy atom. The van der Waals surface area contributed by atoms with Gasteiger partial charge in [0.1, 0.15) is 11.3 Å². The molecule has 0 aliphatic rings. The van der Waals surface area contributed by atoms with Crippen molar-refractivity contribution in [3.8, 4) is 17.6 Å². The maximum absolute atomic E-state index is 13.0. The smallest absolute Gasteiger partial charge is 0.339 e. The van der Waals surface area contributed by atoms with Crippen molar-refractivity contribution in [1.29, 1.82) is 0 Å². The molecule has 3 aromatic rings. The largest absolute Gasteiger partial charge is 0.507 e. The van der Waals surface area contributed by atoms with Crippen molar-refractivity contribution in [3.63, 3.8) is 0 Å². The van der Waals surface area contributed by atoms with E-state index in [1.165, 1.54) is 30.5 Å². The minimum Gasteiger partial charge on any atom is -0.507 e. The molecule has 0 fully saturated rings. The SMILES string of the molecule is CCCCc1ccc(C#Cc2ccc(CN(C(=O)CC(C)C)c3ccc(O)c(C(=O)O)c3)cc2)cc1. The summed E-state index contributed by atoms with van der Waals surface area (Å²) in [6.07, 6.45) is 3.78. The Bertz CT molecular complexity index is 1250. The maximum atomic E-state index is 13.0.